The van der Waals surface area contributed by atoms with Gasteiger partial charge in [-0.25, -0.2) is 0 Å². The van der Waals surface area contributed by atoms with Crippen LogP contribution in [0.1, 0.15) is 28.7 Å². The van der Waals surface area contributed by atoms with Gasteiger partial charge in [0.2, 0.25) is 5.13 Å². The monoisotopic (exact) mass is 298 g/mol. The summed E-state index contributed by atoms with van der Waals surface area (Å²) in [6.45, 7) is 2.07. The van der Waals surface area contributed by atoms with Gasteiger partial charge in [-0.15, -0.1) is 22.6 Å². The van der Waals surface area contributed by atoms with Gasteiger partial charge in [-0.2, -0.15) is 0 Å². The van der Waals surface area contributed by atoms with E-state index in [2.05, 4.69) is 22.4 Å². The molecule has 0 saturated carbocycles. The van der Waals surface area contributed by atoms with Gasteiger partial charge in [-0.05, 0) is 18.6 Å². The van der Waals surface area contributed by atoms with E-state index in [0.717, 1.165) is 17.8 Å². The number of halogens is 1. The summed E-state index contributed by atoms with van der Waals surface area (Å²) in [4.78, 5) is 11.9. The number of carbonyl (C=O) groups is 1. The van der Waals surface area contributed by atoms with Crippen molar-refractivity contribution in [1.82, 2.24) is 10.2 Å². The Morgan fingerprint density at radius 1 is 1.37 bits per heavy atom. The van der Waals surface area contributed by atoms with Crippen LogP contribution in [0.5, 0.6) is 0 Å². The molecule has 0 aliphatic rings. The van der Waals surface area contributed by atoms with Crippen LogP contribution < -0.4 is 11.1 Å². The molecule has 2 rings (SSSR count). The van der Waals surface area contributed by atoms with E-state index >= 15 is 0 Å². The van der Waals surface area contributed by atoms with Gasteiger partial charge in [-0.1, -0.05) is 30.4 Å². The standard InChI is InChI=1S/C12H14N4OS.ClH/c1-2-5-10-15-16-12(18-10)14-11(17)8-6-3-4-7-9(8)13;/h3-4,6-7H,2,5,13H2,1H3,(H,14,16,17);1H. The van der Waals surface area contributed by atoms with E-state index in [4.69, 9.17) is 5.73 Å². The zero-order valence-electron chi connectivity index (χ0n) is 10.4. The number of hydrogen-bond acceptors (Lipinski definition) is 5. The van der Waals surface area contributed by atoms with Gasteiger partial charge < -0.3 is 5.73 Å². The highest BCUT2D eigenvalue weighted by Gasteiger charge is 2.11. The minimum Gasteiger partial charge on any atom is -0.398 e. The number of para-hydroxylation sites is 1. The molecule has 0 saturated heterocycles. The van der Waals surface area contributed by atoms with Gasteiger partial charge >= 0.3 is 0 Å². The zero-order valence-corrected chi connectivity index (χ0v) is 12.1. The van der Waals surface area contributed by atoms with Gasteiger partial charge in [0.15, 0.2) is 0 Å². The number of benzene rings is 1. The fourth-order valence-corrected chi connectivity index (χ4v) is 2.32. The first-order valence-electron chi connectivity index (χ1n) is 5.69. The molecule has 2 aromatic rings. The Bertz CT molecular complexity index is 558. The predicted molar refractivity (Wildman–Crippen MR) is 80.0 cm³/mol. The molecular weight excluding hydrogens is 284 g/mol. The number of hydrogen-bond donors (Lipinski definition) is 2. The van der Waals surface area contributed by atoms with E-state index in [-0.39, 0.29) is 18.3 Å². The van der Waals surface area contributed by atoms with Crippen molar-refractivity contribution >= 4 is 40.5 Å². The van der Waals surface area contributed by atoms with Crippen molar-refractivity contribution in [3.8, 4) is 0 Å². The topological polar surface area (TPSA) is 80.9 Å². The number of amides is 1. The normalized spacial score (nSPS) is 9.74. The highest BCUT2D eigenvalue weighted by molar-refractivity contribution is 7.15. The minimum absolute atomic E-state index is 0. The molecule has 0 atom stereocenters. The third-order valence-corrected chi connectivity index (χ3v) is 3.26. The lowest BCUT2D eigenvalue weighted by Gasteiger charge is -2.03. The predicted octanol–water partition coefficient (Wildman–Crippen LogP) is 2.75. The molecule has 1 heterocycles. The third kappa shape index (κ3) is 3.90. The largest absolute Gasteiger partial charge is 0.398 e. The Morgan fingerprint density at radius 3 is 2.79 bits per heavy atom. The summed E-state index contributed by atoms with van der Waals surface area (Å²) in [6.07, 6.45) is 1.88. The Labute approximate surface area is 121 Å². The molecule has 102 valence electrons. The van der Waals surface area contributed by atoms with Crippen LogP contribution in [0.2, 0.25) is 0 Å². The van der Waals surface area contributed by atoms with Crippen molar-refractivity contribution in [3.05, 3.63) is 34.8 Å². The van der Waals surface area contributed by atoms with E-state index in [0.29, 0.717) is 16.4 Å². The van der Waals surface area contributed by atoms with Gasteiger partial charge in [0, 0.05) is 12.1 Å². The summed E-state index contributed by atoms with van der Waals surface area (Å²) < 4.78 is 0. The molecule has 0 fully saturated rings. The van der Waals surface area contributed by atoms with Crippen LogP contribution in [-0.2, 0) is 6.42 Å². The number of rotatable bonds is 4. The number of aromatic nitrogens is 2. The van der Waals surface area contributed by atoms with Gasteiger partial charge in [0.05, 0.1) is 5.56 Å². The number of anilines is 2. The smallest absolute Gasteiger partial charge is 0.259 e. The summed E-state index contributed by atoms with van der Waals surface area (Å²) in [5, 5.41) is 12.1. The van der Waals surface area contributed by atoms with Crippen LogP contribution in [0.15, 0.2) is 24.3 Å². The SMILES string of the molecule is CCCc1nnc(NC(=O)c2ccccc2N)s1.Cl. The number of nitrogen functional groups attached to an aromatic ring is 1. The molecule has 0 unspecified atom stereocenters. The van der Waals surface area contributed by atoms with Crippen molar-refractivity contribution in [2.24, 2.45) is 0 Å². The Balaban J connectivity index is 0.00000180. The molecule has 3 N–H and O–H groups in total. The molecule has 5 nitrogen and oxygen atoms in total. The molecule has 0 radical (unpaired) electrons. The maximum absolute atomic E-state index is 11.9. The summed E-state index contributed by atoms with van der Waals surface area (Å²) >= 11 is 1.39. The van der Waals surface area contributed by atoms with Crippen molar-refractivity contribution in [3.63, 3.8) is 0 Å². The summed E-state index contributed by atoms with van der Waals surface area (Å²) in [6, 6.07) is 6.93. The number of nitrogens with two attached hydrogens (primary N) is 1. The molecular formula is C12H15ClN4OS. The van der Waals surface area contributed by atoms with E-state index in [1.165, 1.54) is 11.3 Å². The number of nitrogens with zero attached hydrogens (tertiary/aromatic N) is 2. The zero-order chi connectivity index (χ0) is 13.0. The Morgan fingerprint density at radius 2 is 2.11 bits per heavy atom. The quantitative estimate of drug-likeness (QED) is 0.851. The molecule has 1 aromatic carbocycles. The van der Waals surface area contributed by atoms with E-state index < -0.39 is 0 Å². The minimum atomic E-state index is -0.257. The van der Waals surface area contributed by atoms with Gasteiger partial charge in [0.25, 0.3) is 5.91 Å². The van der Waals surface area contributed by atoms with Crippen LogP contribution in [-0.4, -0.2) is 16.1 Å². The van der Waals surface area contributed by atoms with Crippen LogP contribution in [0.3, 0.4) is 0 Å². The van der Waals surface area contributed by atoms with Crippen LogP contribution in [0, 0.1) is 0 Å². The fraction of sp³-hybridized carbons (Fsp3) is 0.250. The van der Waals surface area contributed by atoms with E-state index in [1.807, 2.05) is 0 Å². The lowest BCUT2D eigenvalue weighted by Crippen LogP contribution is -2.13. The lowest BCUT2D eigenvalue weighted by molar-refractivity contribution is 0.102. The van der Waals surface area contributed by atoms with Crippen molar-refractivity contribution < 1.29 is 4.79 Å². The third-order valence-electron chi connectivity index (χ3n) is 2.36. The van der Waals surface area contributed by atoms with Crippen LogP contribution in [0.25, 0.3) is 0 Å². The Hall–Kier alpha value is -1.66. The van der Waals surface area contributed by atoms with Gasteiger partial charge in [-0.3, -0.25) is 10.1 Å². The molecule has 0 aliphatic heterocycles. The average Bonchev–Trinajstić information content (AvgIpc) is 2.77. The first-order chi connectivity index (χ1) is 8.70. The van der Waals surface area contributed by atoms with Crippen molar-refractivity contribution in [2.75, 3.05) is 11.1 Å². The first-order valence-corrected chi connectivity index (χ1v) is 6.50. The highest BCUT2D eigenvalue weighted by atomic mass is 35.5. The second-order valence-electron chi connectivity index (χ2n) is 3.79. The summed E-state index contributed by atoms with van der Waals surface area (Å²) in [5.41, 5.74) is 6.64. The first kappa shape index (κ1) is 15.4. The van der Waals surface area contributed by atoms with Crippen LogP contribution in [0.4, 0.5) is 10.8 Å². The van der Waals surface area contributed by atoms with Crippen molar-refractivity contribution in [1.29, 1.82) is 0 Å². The van der Waals surface area contributed by atoms with E-state index in [1.54, 1.807) is 24.3 Å². The Kier molecular flexibility index (Phi) is 5.72. The molecule has 7 heteroatoms. The summed E-state index contributed by atoms with van der Waals surface area (Å²) in [7, 11) is 0. The maximum Gasteiger partial charge on any atom is 0.259 e. The van der Waals surface area contributed by atoms with Crippen molar-refractivity contribution in [2.45, 2.75) is 19.8 Å². The number of nitrogens with one attached hydrogen (secondary N) is 1. The van der Waals surface area contributed by atoms with E-state index in [9.17, 15) is 4.79 Å². The number of aryl methyl sites for hydroxylation is 1. The molecule has 0 spiro atoms. The van der Waals surface area contributed by atoms with Crippen LogP contribution >= 0.6 is 23.7 Å². The maximum atomic E-state index is 11.9. The molecule has 19 heavy (non-hydrogen) atoms. The lowest BCUT2D eigenvalue weighted by atomic mass is 10.2. The number of carbonyl (C=O) groups excluding carboxylic acids is 1. The second kappa shape index (κ2) is 7.06. The molecule has 0 aliphatic carbocycles. The second-order valence-corrected chi connectivity index (χ2v) is 4.85. The van der Waals surface area contributed by atoms with Gasteiger partial charge in [0.1, 0.15) is 5.01 Å². The molecule has 1 aromatic heterocycles. The summed E-state index contributed by atoms with van der Waals surface area (Å²) in [5.74, 6) is -0.257. The average molecular weight is 299 g/mol. The molecule has 0 bridgehead atoms. The molecule has 1 amide bonds. The fourth-order valence-electron chi connectivity index (χ4n) is 1.49. The highest BCUT2D eigenvalue weighted by Crippen LogP contribution is 2.18.